The predicted molar refractivity (Wildman–Crippen MR) is 135 cm³/mol. The van der Waals surface area contributed by atoms with Crippen LogP contribution in [0.15, 0.2) is 53.1 Å². The van der Waals surface area contributed by atoms with Crippen molar-refractivity contribution in [3.8, 4) is 11.4 Å². The van der Waals surface area contributed by atoms with Crippen molar-refractivity contribution in [3.05, 3.63) is 65.5 Å². The van der Waals surface area contributed by atoms with E-state index >= 15 is 0 Å². The second-order valence-corrected chi connectivity index (χ2v) is 8.94. The van der Waals surface area contributed by atoms with Crippen LogP contribution in [-0.4, -0.2) is 57.9 Å². The summed E-state index contributed by atoms with van der Waals surface area (Å²) in [6.07, 6.45) is 1.47. The minimum Gasteiger partial charge on any atom is -0.339 e. The van der Waals surface area contributed by atoms with Gasteiger partial charge in [0.1, 0.15) is 0 Å². The highest BCUT2D eigenvalue weighted by atomic mass is 16.5. The maximum absolute atomic E-state index is 13.0. The molecule has 0 saturated carbocycles. The van der Waals surface area contributed by atoms with Gasteiger partial charge >= 0.3 is 0 Å². The fourth-order valence-corrected chi connectivity index (χ4v) is 4.46. The number of piperidine rings is 1. The SMILES string of the molecule is CCN(CC)C(=O)c1ccccc1NC(=O)C1CCN(Cc2nc(-c3cccc(C)c3)no2)CC1. The first-order chi connectivity index (χ1) is 17.0. The van der Waals surface area contributed by atoms with Gasteiger partial charge in [-0.3, -0.25) is 14.5 Å². The molecule has 8 heteroatoms. The number of rotatable bonds is 8. The Morgan fingerprint density at radius 1 is 1.09 bits per heavy atom. The first kappa shape index (κ1) is 24.6. The Labute approximate surface area is 206 Å². The summed E-state index contributed by atoms with van der Waals surface area (Å²) in [7, 11) is 0. The Hall–Kier alpha value is -3.52. The van der Waals surface area contributed by atoms with Crippen LogP contribution in [-0.2, 0) is 11.3 Å². The number of carbonyl (C=O) groups excluding carboxylic acids is 2. The molecule has 1 N–H and O–H groups in total. The fraction of sp³-hybridized carbons (Fsp3) is 0.407. The summed E-state index contributed by atoms with van der Waals surface area (Å²) in [4.78, 5) is 34.4. The molecule has 184 valence electrons. The number of nitrogens with zero attached hydrogens (tertiary/aromatic N) is 4. The molecule has 0 bridgehead atoms. The minimum atomic E-state index is -0.103. The third-order valence-corrected chi connectivity index (χ3v) is 6.53. The average Bonchev–Trinajstić information content (AvgIpc) is 3.34. The van der Waals surface area contributed by atoms with Gasteiger partial charge in [-0.15, -0.1) is 0 Å². The Bertz CT molecular complexity index is 1160. The van der Waals surface area contributed by atoms with Gasteiger partial charge in [0, 0.05) is 24.6 Å². The van der Waals surface area contributed by atoms with Crippen molar-refractivity contribution < 1.29 is 14.1 Å². The Morgan fingerprint density at radius 2 is 1.83 bits per heavy atom. The summed E-state index contributed by atoms with van der Waals surface area (Å²) in [5, 5.41) is 7.13. The normalized spacial score (nSPS) is 14.6. The van der Waals surface area contributed by atoms with E-state index in [2.05, 4.69) is 20.4 Å². The number of benzene rings is 2. The number of aryl methyl sites for hydroxylation is 1. The van der Waals surface area contributed by atoms with Crippen LogP contribution in [0.2, 0.25) is 0 Å². The van der Waals surface area contributed by atoms with Crippen molar-refractivity contribution >= 4 is 17.5 Å². The van der Waals surface area contributed by atoms with Crippen LogP contribution in [0.5, 0.6) is 0 Å². The molecular formula is C27H33N5O3. The molecule has 0 atom stereocenters. The van der Waals surface area contributed by atoms with Gasteiger partial charge in [0.25, 0.3) is 5.91 Å². The van der Waals surface area contributed by atoms with Crippen molar-refractivity contribution in [1.82, 2.24) is 19.9 Å². The van der Waals surface area contributed by atoms with Crippen LogP contribution in [0.25, 0.3) is 11.4 Å². The molecule has 8 nitrogen and oxygen atoms in total. The summed E-state index contributed by atoms with van der Waals surface area (Å²) < 4.78 is 5.47. The number of amides is 2. The first-order valence-corrected chi connectivity index (χ1v) is 12.3. The molecule has 35 heavy (non-hydrogen) atoms. The van der Waals surface area contributed by atoms with Gasteiger partial charge in [0.05, 0.1) is 17.8 Å². The number of hydrogen-bond donors (Lipinski definition) is 1. The van der Waals surface area contributed by atoms with E-state index in [0.717, 1.165) is 37.1 Å². The van der Waals surface area contributed by atoms with Gasteiger partial charge in [-0.05, 0) is 64.9 Å². The number of aromatic nitrogens is 2. The van der Waals surface area contributed by atoms with E-state index in [1.165, 1.54) is 0 Å². The number of likely N-dealkylation sites (tertiary alicyclic amines) is 1. The van der Waals surface area contributed by atoms with Gasteiger partial charge in [-0.2, -0.15) is 4.98 Å². The Morgan fingerprint density at radius 3 is 2.54 bits per heavy atom. The lowest BCUT2D eigenvalue weighted by atomic mass is 9.95. The van der Waals surface area contributed by atoms with Crippen LogP contribution in [0, 0.1) is 12.8 Å². The lowest BCUT2D eigenvalue weighted by molar-refractivity contribution is -0.121. The van der Waals surface area contributed by atoms with Crippen molar-refractivity contribution in [3.63, 3.8) is 0 Å². The molecule has 1 saturated heterocycles. The van der Waals surface area contributed by atoms with Crippen LogP contribution in [0.3, 0.4) is 0 Å². The zero-order valence-electron chi connectivity index (χ0n) is 20.7. The zero-order chi connectivity index (χ0) is 24.8. The minimum absolute atomic E-state index is 0.0380. The summed E-state index contributed by atoms with van der Waals surface area (Å²) in [6.45, 7) is 9.29. The standard InChI is InChI=1S/C27H33N5O3/c1-4-32(5-2)27(34)22-11-6-7-12-23(22)28-26(33)20-13-15-31(16-14-20)18-24-29-25(30-35-24)21-10-8-9-19(3)17-21/h6-12,17,20H,4-5,13-16,18H2,1-3H3,(H,28,33). The van der Waals surface area contributed by atoms with E-state index in [4.69, 9.17) is 4.52 Å². The molecule has 2 heterocycles. The molecule has 2 amide bonds. The smallest absolute Gasteiger partial charge is 0.255 e. The average molecular weight is 476 g/mol. The molecule has 3 aromatic rings. The van der Waals surface area contributed by atoms with Crippen molar-refractivity contribution in [2.75, 3.05) is 31.5 Å². The van der Waals surface area contributed by atoms with Crippen LogP contribution in [0.4, 0.5) is 5.69 Å². The Balaban J connectivity index is 1.32. The summed E-state index contributed by atoms with van der Waals surface area (Å²) in [5.41, 5.74) is 3.19. The quantitative estimate of drug-likeness (QED) is 0.520. The second-order valence-electron chi connectivity index (χ2n) is 8.94. The molecule has 0 aliphatic carbocycles. The number of para-hydroxylation sites is 1. The molecular weight excluding hydrogens is 442 g/mol. The topological polar surface area (TPSA) is 91.6 Å². The van der Waals surface area contributed by atoms with E-state index in [1.54, 1.807) is 17.0 Å². The molecule has 0 spiro atoms. The molecule has 1 aromatic heterocycles. The maximum atomic E-state index is 13.0. The summed E-state index contributed by atoms with van der Waals surface area (Å²) >= 11 is 0. The Kier molecular flexibility index (Phi) is 7.92. The zero-order valence-corrected chi connectivity index (χ0v) is 20.7. The van der Waals surface area contributed by atoms with Crippen LogP contribution >= 0.6 is 0 Å². The lowest BCUT2D eigenvalue weighted by Crippen LogP contribution is -2.38. The molecule has 1 aliphatic heterocycles. The summed E-state index contributed by atoms with van der Waals surface area (Å²) in [5.74, 6) is 0.965. The van der Waals surface area contributed by atoms with Gasteiger partial charge < -0.3 is 14.7 Å². The number of carbonyl (C=O) groups is 2. The molecule has 4 rings (SSSR count). The molecule has 1 fully saturated rings. The first-order valence-electron chi connectivity index (χ1n) is 12.3. The monoisotopic (exact) mass is 475 g/mol. The highest BCUT2D eigenvalue weighted by Crippen LogP contribution is 2.24. The van der Waals surface area contributed by atoms with E-state index in [0.29, 0.717) is 42.6 Å². The predicted octanol–water partition coefficient (Wildman–Crippen LogP) is 4.38. The molecule has 2 aromatic carbocycles. The lowest BCUT2D eigenvalue weighted by Gasteiger charge is -2.30. The summed E-state index contributed by atoms with van der Waals surface area (Å²) in [6, 6.07) is 15.3. The van der Waals surface area contributed by atoms with E-state index in [-0.39, 0.29) is 17.7 Å². The molecule has 0 unspecified atom stereocenters. The van der Waals surface area contributed by atoms with Crippen LogP contribution < -0.4 is 5.32 Å². The highest BCUT2D eigenvalue weighted by Gasteiger charge is 2.27. The number of nitrogens with one attached hydrogen (secondary N) is 1. The number of hydrogen-bond acceptors (Lipinski definition) is 6. The fourth-order valence-electron chi connectivity index (χ4n) is 4.46. The van der Waals surface area contributed by atoms with Crippen molar-refractivity contribution in [2.24, 2.45) is 5.92 Å². The van der Waals surface area contributed by atoms with Gasteiger partial charge in [-0.25, -0.2) is 0 Å². The van der Waals surface area contributed by atoms with E-state index in [9.17, 15) is 9.59 Å². The van der Waals surface area contributed by atoms with E-state index in [1.807, 2.05) is 57.2 Å². The van der Waals surface area contributed by atoms with Crippen LogP contribution in [0.1, 0.15) is 48.5 Å². The largest absolute Gasteiger partial charge is 0.339 e. The molecule has 1 aliphatic rings. The van der Waals surface area contributed by atoms with E-state index < -0.39 is 0 Å². The number of anilines is 1. The van der Waals surface area contributed by atoms with Gasteiger partial charge in [0.15, 0.2) is 0 Å². The molecule has 0 radical (unpaired) electrons. The highest BCUT2D eigenvalue weighted by molar-refractivity contribution is 6.04. The van der Waals surface area contributed by atoms with Crippen molar-refractivity contribution in [2.45, 2.75) is 40.2 Å². The van der Waals surface area contributed by atoms with Gasteiger partial charge in [0.2, 0.25) is 17.6 Å². The maximum Gasteiger partial charge on any atom is 0.255 e. The second kappa shape index (κ2) is 11.3. The van der Waals surface area contributed by atoms with Gasteiger partial charge in [-0.1, -0.05) is 41.1 Å². The third kappa shape index (κ3) is 5.95. The van der Waals surface area contributed by atoms with Crippen molar-refractivity contribution in [1.29, 1.82) is 0 Å². The third-order valence-electron chi connectivity index (χ3n) is 6.53.